The van der Waals surface area contributed by atoms with E-state index in [0.29, 0.717) is 11.5 Å². The monoisotopic (exact) mass is 382 g/mol. The van der Waals surface area contributed by atoms with Gasteiger partial charge in [0.05, 0.1) is 5.39 Å². The summed E-state index contributed by atoms with van der Waals surface area (Å²) in [7, 11) is 0. The number of aromatic nitrogens is 5. The first-order chi connectivity index (χ1) is 13.2. The van der Waals surface area contributed by atoms with Crippen LogP contribution in [0.4, 0.5) is 17.5 Å². The zero-order chi connectivity index (χ0) is 18.4. The van der Waals surface area contributed by atoms with Gasteiger partial charge >= 0.3 is 5.82 Å². The molecular formula is C16H14N8O2S. The van der Waals surface area contributed by atoms with Crippen molar-refractivity contribution in [3.8, 4) is 0 Å². The zero-order valence-corrected chi connectivity index (χ0v) is 14.9. The summed E-state index contributed by atoms with van der Waals surface area (Å²) in [6.45, 7) is 3.06. The minimum absolute atomic E-state index is 0.133. The van der Waals surface area contributed by atoms with E-state index in [4.69, 9.17) is 0 Å². The van der Waals surface area contributed by atoms with Crippen LogP contribution in [0, 0.1) is 10.1 Å². The summed E-state index contributed by atoms with van der Waals surface area (Å²) in [4.78, 5) is 28.8. The molecule has 1 saturated heterocycles. The lowest BCUT2D eigenvalue weighted by Gasteiger charge is -2.35. The van der Waals surface area contributed by atoms with E-state index < -0.39 is 4.92 Å². The van der Waals surface area contributed by atoms with Crippen LogP contribution in [0.15, 0.2) is 36.1 Å². The normalized spacial score (nSPS) is 15.0. The molecule has 0 unspecified atom stereocenters. The van der Waals surface area contributed by atoms with E-state index in [-0.39, 0.29) is 5.82 Å². The third-order valence-corrected chi connectivity index (χ3v) is 5.48. The average Bonchev–Trinajstić information content (AvgIpc) is 3.34. The van der Waals surface area contributed by atoms with Gasteiger partial charge in [0.25, 0.3) is 0 Å². The highest BCUT2D eigenvalue weighted by atomic mass is 32.1. The van der Waals surface area contributed by atoms with Gasteiger partial charge < -0.3 is 19.9 Å². The Balaban J connectivity index is 1.39. The molecule has 0 spiro atoms. The van der Waals surface area contributed by atoms with Gasteiger partial charge in [0.15, 0.2) is 5.82 Å². The Kier molecular flexibility index (Phi) is 3.60. The molecule has 0 radical (unpaired) electrons. The molecule has 0 N–H and O–H groups in total. The quantitative estimate of drug-likeness (QED) is 0.391. The first kappa shape index (κ1) is 15.9. The molecule has 0 atom stereocenters. The molecule has 0 bridgehead atoms. The van der Waals surface area contributed by atoms with Crippen LogP contribution in [0.5, 0.6) is 0 Å². The van der Waals surface area contributed by atoms with E-state index in [9.17, 15) is 10.1 Å². The van der Waals surface area contributed by atoms with Gasteiger partial charge in [-0.25, -0.2) is 15.0 Å². The van der Waals surface area contributed by atoms with Crippen LogP contribution in [0.3, 0.4) is 0 Å². The Morgan fingerprint density at radius 1 is 1.04 bits per heavy atom. The van der Waals surface area contributed by atoms with E-state index in [1.165, 1.54) is 10.7 Å². The molecule has 136 valence electrons. The Morgan fingerprint density at radius 3 is 2.67 bits per heavy atom. The number of fused-ring (bicyclic) bond motifs is 2. The SMILES string of the molecule is O=[N+]([O-])c1cnc2ccc(N3CCN(c4ncnc5sccc45)CC3)nn12. The van der Waals surface area contributed by atoms with Crippen LogP contribution in [0.1, 0.15) is 0 Å². The van der Waals surface area contributed by atoms with E-state index >= 15 is 0 Å². The molecule has 5 rings (SSSR count). The number of imidazole rings is 1. The van der Waals surface area contributed by atoms with Crippen molar-refractivity contribution in [3.63, 3.8) is 0 Å². The second kappa shape index (κ2) is 6.13. The maximum Gasteiger partial charge on any atom is 0.368 e. The standard InChI is InChI=1S/C16H14N8O2S/c25-24(26)14-9-17-12-1-2-13(20-23(12)14)21-4-6-22(7-5-21)15-11-3-8-27-16(11)19-10-18-15/h1-3,8-10H,4-7H2. The summed E-state index contributed by atoms with van der Waals surface area (Å²) in [5, 5.41) is 18.6. The lowest BCUT2D eigenvalue weighted by molar-refractivity contribution is -0.391. The fourth-order valence-corrected chi connectivity index (χ4v) is 4.05. The molecule has 0 aliphatic carbocycles. The van der Waals surface area contributed by atoms with Crippen molar-refractivity contribution in [2.75, 3.05) is 36.0 Å². The molecule has 5 heterocycles. The number of rotatable bonds is 3. The first-order valence-electron chi connectivity index (χ1n) is 8.38. The predicted molar refractivity (Wildman–Crippen MR) is 101 cm³/mol. The van der Waals surface area contributed by atoms with E-state index in [1.807, 2.05) is 11.4 Å². The van der Waals surface area contributed by atoms with Crippen molar-refractivity contribution in [1.29, 1.82) is 0 Å². The van der Waals surface area contributed by atoms with E-state index in [0.717, 1.165) is 42.2 Å². The lowest BCUT2D eigenvalue weighted by Crippen LogP contribution is -2.47. The summed E-state index contributed by atoms with van der Waals surface area (Å²) in [6, 6.07) is 5.65. The smallest absolute Gasteiger partial charge is 0.358 e. The molecule has 1 aliphatic rings. The van der Waals surface area contributed by atoms with Gasteiger partial charge in [0.1, 0.15) is 23.2 Å². The third kappa shape index (κ3) is 2.63. The minimum Gasteiger partial charge on any atom is -0.358 e. The molecule has 10 nitrogen and oxygen atoms in total. The fourth-order valence-electron chi connectivity index (χ4n) is 3.32. The number of nitro groups is 1. The molecule has 1 fully saturated rings. The summed E-state index contributed by atoms with van der Waals surface area (Å²) < 4.78 is 1.28. The van der Waals surface area contributed by atoms with Crippen molar-refractivity contribution < 1.29 is 4.92 Å². The fraction of sp³-hybridized carbons (Fsp3) is 0.250. The molecule has 0 aromatic carbocycles. The maximum atomic E-state index is 11.1. The van der Waals surface area contributed by atoms with Gasteiger partial charge in [0.2, 0.25) is 5.65 Å². The highest BCUT2D eigenvalue weighted by Gasteiger charge is 2.23. The molecule has 0 amide bonds. The predicted octanol–water partition coefficient (Wildman–Crippen LogP) is 1.97. The Morgan fingerprint density at radius 2 is 1.85 bits per heavy atom. The largest absolute Gasteiger partial charge is 0.368 e. The first-order valence-corrected chi connectivity index (χ1v) is 9.26. The lowest BCUT2D eigenvalue weighted by atomic mass is 10.2. The van der Waals surface area contributed by atoms with Crippen LogP contribution in [-0.4, -0.2) is 55.7 Å². The maximum absolute atomic E-state index is 11.1. The minimum atomic E-state index is -0.476. The number of thiophene rings is 1. The molecule has 4 aromatic rings. The van der Waals surface area contributed by atoms with Crippen molar-refractivity contribution in [2.24, 2.45) is 0 Å². The number of hydrogen-bond donors (Lipinski definition) is 0. The molecule has 0 saturated carbocycles. The molecule has 1 aliphatic heterocycles. The van der Waals surface area contributed by atoms with Gasteiger partial charge in [-0.2, -0.15) is 0 Å². The van der Waals surface area contributed by atoms with E-state index in [1.54, 1.807) is 23.7 Å². The van der Waals surface area contributed by atoms with Crippen molar-refractivity contribution >= 4 is 44.7 Å². The third-order valence-electron chi connectivity index (χ3n) is 4.66. The van der Waals surface area contributed by atoms with Gasteiger partial charge in [-0.15, -0.1) is 11.3 Å². The van der Waals surface area contributed by atoms with Crippen LogP contribution in [0.25, 0.3) is 15.9 Å². The van der Waals surface area contributed by atoms with E-state index in [2.05, 4.69) is 35.9 Å². The summed E-state index contributed by atoms with van der Waals surface area (Å²) >= 11 is 1.61. The molecule has 27 heavy (non-hydrogen) atoms. The summed E-state index contributed by atoms with van der Waals surface area (Å²) in [5.41, 5.74) is 0.463. The van der Waals surface area contributed by atoms with Crippen LogP contribution in [-0.2, 0) is 0 Å². The molecule has 4 aromatic heterocycles. The second-order valence-corrected chi connectivity index (χ2v) is 7.04. The van der Waals surface area contributed by atoms with Gasteiger partial charge in [-0.3, -0.25) is 0 Å². The van der Waals surface area contributed by atoms with Crippen molar-refractivity contribution in [1.82, 2.24) is 24.6 Å². The Labute approximate surface area is 156 Å². The van der Waals surface area contributed by atoms with Gasteiger partial charge in [0, 0.05) is 32.2 Å². The van der Waals surface area contributed by atoms with Crippen LogP contribution >= 0.6 is 11.3 Å². The molecular weight excluding hydrogens is 368 g/mol. The van der Waals surface area contributed by atoms with Crippen LogP contribution < -0.4 is 9.80 Å². The number of anilines is 2. The summed E-state index contributed by atoms with van der Waals surface area (Å²) in [6.07, 6.45) is 2.83. The van der Waals surface area contributed by atoms with Gasteiger partial charge in [-0.05, 0) is 22.4 Å². The molecule has 11 heteroatoms. The average molecular weight is 382 g/mol. The van der Waals surface area contributed by atoms with Gasteiger partial charge in [-0.1, -0.05) is 9.61 Å². The zero-order valence-electron chi connectivity index (χ0n) is 14.1. The highest BCUT2D eigenvalue weighted by molar-refractivity contribution is 7.16. The number of piperazine rings is 1. The second-order valence-electron chi connectivity index (χ2n) is 6.15. The van der Waals surface area contributed by atoms with Crippen molar-refractivity contribution in [3.05, 3.63) is 46.2 Å². The number of hydrogen-bond acceptors (Lipinski definition) is 9. The van der Waals surface area contributed by atoms with Crippen molar-refractivity contribution in [2.45, 2.75) is 0 Å². The highest BCUT2D eigenvalue weighted by Crippen LogP contribution is 2.28. The van der Waals surface area contributed by atoms with Crippen LogP contribution in [0.2, 0.25) is 0 Å². The Hall–Kier alpha value is -3.34. The summed E-state index contributed by atoms with van der Waals surface area (Å²) in [5.74, 6) is 1.52. The number of nitrogens with zero attached hydrogens (tertiary/aromatic N) is 8. The topological polar surface area (TPSA) is 106 Å². The Bertz CT molecular complexity index is 1150.